The number of hydrogen-bond donors (Lipinski definition) is 1. The molecule has 0 atom stereocenters. The molecule has 1 aromatic carbocycles. The number of hydrogen-bond acceptors (Lipinski definition) is 2. The van der Waals surface area contributed by atoms with Gasteiger partial charge in [0.25, 0.3) is 0 Å². The molecule has 0 radical (unpaired) electrons. The summed E-state index contributed by atoms with van der Waals surface area (Å²) in [6.07, 6.45) is -4.90. The Balaban J connectivity index is 2.55. The van der Waals surface area contributed by atoms with Gasteiger partial charge in [-0.2, -0.15) is 13.2 Å². The van der Waals surface area contributed by atoms with E-state index in [9.17, 15) is 22.8 Å². The number of nitrogens with one attached hydrogen (secondary N) is 1. The number of ketones is 1. The highest BCUT2D eigenvalue weighted by Crippen LogP contribution is 2.13. The number of carbonyl (C=O) groups is 2. The summed E-state index contributed by atoms with van der Waals surface area (Å²) in [4.78, 5) is 21.5. The first-order chi connectivity index (χ1) is 8.80. The van der Waals surface area contributed by atoms with E-state index >= 15 is 0 Å². The highest BCUT2D eigenvalue weighted by Gasteiger charge is 2.38. The Kier molecular flexibility index (Phi) is 4.70. The van der Waals surface area contributed by atoms with Crippen molar-refractivity contribution in [2.24, 2.45) is 0 Å². The maximum Gasteiger partial charge on any atom is 0.471 e. The fourth-order valence-electron chi connectivity index (χ4n) is 1.16. The van der Waals surface area contributed by atoms with Crippen LogP contribution in [0.4, 0.5) is 13.2 Å². The molecule has 0 bridgehead atoms. The van der Waals surface area contributed by atoms with E-state index in [1.807, 2.05) is 0 Å². The van der Waals surface area contributed by atoms with Gasteiger partial charge in [-0.3, -0.25) is 9.59 Å². The molecular formula is C13H10F3NO2. The van der Waals surface area contributed by atoms with Crippen molar-refractivity contribution in [3.8, 4) is 11.8 Å². The van der Waals surface area contributed by atoms with Gasteiger partial charge in [0, 0.05) is 11.1 Å². The molecule has 19 heavy (non-hydrogen) atoms. The van der Waals surface area contributed by atoms with E-state index in [-0.39, 0.29) is 5.78 Å². The monoisotopic (exact) mass is 269 g/mol. The third kappa shape index (κ3) is 4.84. The molecule has 3 nitrogen and oxygen atoms in total. The first-order valence-electron chi connectivity index (χ1n) is 5.25. The van der Waals surface area contributed by atoms with Crippen LogP contribution >= 0.6 is 0 Å². The molecule has 1 rings (SSSR count). The standard InChI is InChI=1S/C13H10F3NO2/c1-9(18)11-6-4-10(5-7-11)3-2-8-17-12(19)13(14,15)16/h4-7H,8H2,1H3,(H,17,19). The van der Waals surface area contributed by atoms with Crippen LogP contribution in [-0.4, -0.2) is 24.4 Å². The van der Waals surface area contributed by atoms with Crippen molar-refractivity contribution in [2.45, 2.75) is 13.1 Å². The van der Waals surface area contributed by atoms with E-state index in [2.05, 4.69) is 11.8 Å². The average Bonchev–Trinajstić information content (AvgIpc) is 2.33. The molecule has 0 unspecified atom stereocenters. The van der Waals surface area contributed by atoms with Crippen LogP contribution in [0.2, 0.25) is 0 Å². The number of alkyl halides is 3. The predicted octanol–water partition coefficient (Wildman–Crippen LogP) is 1.92. The summed E-state index contributed by atoms with van der Waals surface area (Å²) in [6, 6.07) is 6.30. The van der Waals surface area contributed by atoms with Gasteiger partial charge in [0.05, 0.1) is 6.54 Å². The summed E-state index contributed by atoms with van der Waals surface area (Å²) in [7, 11) is 0. The number of amides is 1. The average molecular weight is 269 g/mol. The summed E-state index contributed by atoms with van der Waals surface area (Å²) >= 11 is 0. The Bertz CT molecular complexity index is 536. The Morgan fingerprint density at radius 1 is 1.21 bits per heavy atom. The van der Waals surface area contributed by atoms with Crippen LogP contribution in [0, 0.1) is 11.8 Å². The number of benzene rings is 1. The van der Waals surface area contributed by atoms with E-state index in [0.29, 0.717) is 11.1 Å². The number of Topliss-reactive ketones (excluding diaryl/α,β-unsaturated/α-hetero) is 1. The Morgan fingerprint density at radius 2 is 1.79 bits per heavy atom. The molecule has 1 N–H and O–H groups in total. The van der Waals surface area contributed by atoms with Crippen molar-refractivity contribution >= 4 is 11.7 Å². The molecule has 0 fully saturated rings. The van der Waals surface area contributed by atoms with Gasteiger partial charge in [-0.05, 0) is 19.1 Å². The zero-order valence-electron chi connectivity index (χ0n) is 9.97. The summed E-state index contributed by atoms with van der Waals surface area (Å²) in [5.41, 5.74) is 1.07. The summed E-state index contributed by atoms with van der Waals surface area (Å²) < 4.78 is 35.5. The summed E-state index contributed by atoms with van der Waals surface area (Å²) in [5, 5.41) is 1.63. The highest BCUT2D eigenvalue weighted by molar-refractivity contribution is 5.94. The van der Waals surface area contributed by atoms with Gasteiger partial charge in [-0.15, -0.1) is 0 Å². The van der Waals surface area contributed by atoms with Gasteiger partial charge in [0.1, 0.15) is 0 Å². The molecule has 0 aliphatic rings. The largest absolute Gasteiger partial charge is 0.471 e. The number of rotatable bonds is 2. The minimum absolute atomic E-state index is 0.0862. The second-order valence-corrected chi connectivity index (χ2v) is 3.62. The topological polar surface area (TPSA) is 46.2 Å². The van der Waals surface area contributed by atoms with E-state index in [0.717, 1.165) is 0 Å². The minimum Gasteiger partial charge on any atom is -0.337 e. The van der Waals surface area contributed by atoms with Gasteiger partial charge in [0.2, 0.25) is 0 Å². The SMILES string of the molecule is CC(=O)c1ccc(C#CCNC(=O)C(F)(F)F)cc1. The number of halogens is 3. The smallest absolute Gasteiger partial charge is 0.337 e. The first-order valence-corrected chi connectivity index (χ1v) is 5.25. The molecule has 1 aromatic rings. The molecule has 0 saturated carbocycles. The minimum atomic E-state index is -4.90. The Labute approximate surface area is 107 Å². The van der Waals surface area contributed by atoms with Crippen LogP contribution in [0.25, 0.3) is 0 Å². The van der Waals surface area contributed by atoms with Gasteiger partial charge >= 0.3 is 12.1 Å². The highest BCUT2D eigenvalue weighted by atomic mass is 19.4. The lowest BCUT2D eigenvalue weighted by Gasteiger charge is -2.03. The predicted molar refractivity (Wildman–Crippen MR) is 62.4 cm³/mol. The third-order valence-electron chi connectivity index (χ3n) is 2.12. The lowest BCUT2D eigenvalue weighted by atomic mass is 10.1. The molecule has 0 saturated heterocycles. The zero-order chi connectivity index (χ0) is 14.5. The van der Waals surface area contributed by atoms with E-state index < -0.39 is 18.6 Å². The van der Waals surface area contributed by atoms with Crippen molar-refractivity contribution in [2.75, 3.05) is 6.54 Å². The molecule has 0 aliphatic heterocycles. The first kappa shape index (κ1) is 14.8. The van der Waals surface area contributed by atoms with Gasteiger partial charge in [0.15, 0.2) is 5.78 Å². The quantitative estimate of drug-likeness (QED) is 0.658. The molecule has 6 heteroatoms. The van der Waals surface area contributed by atoms with Gasteiger partial charge < -0.3 is 5.32 Å². The zero-order valence-corrected chi connectivity index (χ0v) is 9.97. The van der Waals surface area contributed by atoms with Crippen LogP contribution in [0.5, 0.6) is 0 Å². The second-order valence-electron chi connectivity index (χ2n) is 3.62. The van der Waals surface area contributed by atoms with Crippen molar-refractivity contribution in [3.63, 3.8) is 0 Å². The van der Waals surface area contributed by atoms with E-state index in [4.69, 9.17) is 0 Å². The van der Waals surface area contributed by atoms with Crippen LogP contribution in [0.15, 0.2) is 24.3 Å². The summed E-state index contributed by atoms with van der Waals surface area (Å²) in [6.45, 7) is 1.03. The van der Waals surface area contributed by atoms with E-state index in [1.54, 1.807) is 29.6 Å². The number of carbonyl (C=O) groups excluding carboxylic acids is 2. The van der Waals surface area contributed by atoms with Crippen molar-refractivity contribution in [3.05, 3.63) is 35.4 Å². The normalized spacial score (nSPS) is 10.3. The Morgan fingerprint density at radius 3 is 2.26 bits per heavy atom. The van der Waals surface area contributed by atoms with Crippen LogP contribution in [0.1, 0.15) is 22.8 Å². The molecule has 1 amide bonds. The molecule has 0 aliphatic carbocycles. The van der Waals surface area contributed by atoms with Crippen LogP contribution in [-0.2, 0) is 4.79 Å². The lowest BCUT2D eigenvalue weighted by molar-refractivity contribution is -0.173. The van der Waals surface area contributed by atoms with Crippen molar-refractivity contribution in [1.29, 1.82) is 0 Å². The molecular weight excluding hydrogens is 259 g/mol. The molecule has 0 heterocycles. The molecule has 0 aromatic heterocycles. The maximum absolute atomic E-state index is 11.8. The van der Waals surface area contributed by atoms with Crippen LogP contribution < -0.4 is 5.32 Å². The fraction of sp³-hybridized carbons (Fsp3) is 0.231. The second kappa shape index (κ2) is 6.05. The fourth-order valence-corrected chi connectivity index (χ4v) is 1.16. The van der Waals surface area contributed by atoms with Crippen molar-refractivity contribution < 1.29 is 22.8 Å². The lowest BCUT2D eigenvalue weighted by Crippen LogP contribution is -2.36. The van der Waals surface area contributed by atoms with Crippen molar-refractivity contribution in [1.82, 2.24) is 5.32 Å². The van der Waals surface area contributed by atoms with Gasteiger partial charge in [-0.25, -0.2) is 0 Å². The Hall–Kier alpha value is -2.29. The van der Waals surface area contributed by atoms with Crippen LogP contribution in [0.3, 0.4) is 0 Å². The summed E-state index contributed by atoms with van der Waals surface area (Å²) in [5.74, 6) is 2.85. The van der Waals surface area contributed by atoms with Gasteiger partial charge in [-0.1, -0.05) is 24.0 Å². The van der Waals surface area contributed by atoms with E-state index in [1.165, 1.54) is 6.92 Å². The maximum atomic E-state index is 11.8. The molecule has 0 spiro atoms. The molecule has 100 valence electrons. The third-order valence-corrected chi connectivity index (χ3v) is 2.12.